The van der Waals surface area contributed by atoms with Crippen LogP contribution in [0.2, 0.25) is 0 Å². The van der Waals surface area contributed by atoms with E-state index in [2.05, 4.69) is 135 Å². The summed E-state index contributed by atoms with van der Waals surface area (Å²) in [7, 11) is 0. The fraction of sp³-hybridized carbons (Fsp3) is 0.0417. The molecule has 3 aliphatic rings. The fourth-order valence-electron chi connectivity index (χ4n) is 9.57. The summed E-state index contributed by atoms with van der Waals surface area (Å²) in [5.74, 6) is 2.44. The summed E-state index contributed by atoms with van der Waals surface area (Å²) in [5, 5.41) is 4.33. The largest absolute Gasteiger partial charge is 0.296 e. The molecule has 0 saturated heterocycles. The van der Waals surface area contributed by atoms with Crippen molar-refractivity contribution in [1.82, 2.24) is 24.1 Å². The maximum atomic E-state index is 5.15. The average molecular weight is 718 g/mol. The molecule has 0 fully saturated rings. The third kappa shape index (κ3) is 4.35. The second-order valence-corrected chi connectivity index (χ2v) is 14.6. The van der Waals surface area contributed by atoms with Crippen molar-refractivity contribution in [3.8, 4) is 11.5 Å². The van der Waals surface area contributed by atoms with E-state index in [1.807, 2.05) is 55.1 Å². The van der Waals surface area contributed by atoms with E-state index < -0.39 is 0 Å². The number of allylic oxidation sites excluding steroid dienone is 1. The van der Waals surface area contributed by atoms with Crippen molar-refractivity contribution in [3.05, 3.63) is 198 Å². The normalized spacial score (nSPS) is 14.7. The van der Waals surface area contributed by atoms with Gasteiger partial charge in [0.05, 0.1) is 27.3 Å². The second kappa shape index (κ2) is 12.1. The summed E-state index contributed by atoms with van der Waals surface area (Å²) in [6.07, 6.45) is 12.7. The maximum absolute atomic E-state index is 5.15. The lowest BCUT2D eigenvalue weighted by molar-refractivity contribution is 0.948. The van der Waals surface area contributed by atoms with Gasteiger partial charge in [0.1, 0.15) is 23.1 Å². The van der Waals surface area contributed by atoms with Gasteiger partial charge < -0.3 is 0 Å². The topological polar surface area (TPSA) is 64.1 Å². The molecule has 7 nitrogen and oxygen atoms in total. The molecule has 1 unspecified atom stereocenters. The van der Waals surface area contributed by atoms with Crippen LogP contribution in [0.25, 0.3) is 39.5 Å². The molecule has 12 rings (SSSR count). The molecular formula is C48H32BN7. The van der Waals surface area contributed by atoms with Crippen LogP contribution in [0.5, 0.6) is 0 Å². The van der Waals surface area contributed by atoms with Crippen molar-refractivity contribution in [2.75, 3.05) is 4.90 Å². The van der Waals surface area contributed by atoms with E-state index >= 15 is 0 Å². The first-order valence-corrected chi connectivity index (χ1v) is 19.1. The molecule has 3 aliphatic heterocycles. The van der Waals surface area contributed by atoms with Crippen LogP contribution in [0, 0.1) is 0 Å². The van der Waals surface area contributed by atoms with Crippen LogP contribution in [0.15, 0.2) is 175 Å². The Morgan fingerprint density at radius 3 is 2.14 bits per heavy atom. The molecule has 1 atom stereocenters. The molecule has 0 amide bonds. The lowest BCUT2D eigenvalue weighted by Gasteiger charge is -2.39. The van der Waals surface area contributed by atoms with Gasteiger partial charge in [-0.15, -0.1) is 0 Å². The molecule has 8 heteroatoms. The Balaban J connectivity index is 1.30. The first kappa shape index (κ1) is 31.1. The van der Waals surface area contributed by atoms with E-state index in [0.29, 0.717) is 0 Å². The Hall–Kier alpha value is -7.32. The third-order valence-corrected chi connectivity index (χ3v) is 11.7. The zero-order valence-electron chi connectivity index (χ0n) is 30.2. The standard InChI is InChI=1S/C48H32BN7/c1-2-15-31(16-3-1)43-33-17-4-5-19-36(33)49-37-20-14-18-34-44-46-38(21-6-10-28-53-46)55(42-24-9-13-27-52-42)48(44)56(47(34)37)39-30-32(29-35(43)45(39)49)54(40-22-7-11-25-50-40)41-23-8-12-26-51-41/h1-5,7-30,43H,6H2. The smallest absolute Gasteiger partial charge is 0.247 e. The van der Waals surface area contributed by atoms with Crippen molar-refractivity contribution in [3.63, 3.8) is 0 Å². The molecule has 8 heterocycles. The number of anilines is 3. The molecule has 0 spiro atoms. The summed E-state index contributed by atoms with van der Waals surface area (Å²) in [5.41, 5.74) is 12.2. The highest BCUT2D eigenvalue weighted by molar-refractivity contribution is 6.99. The third-order valence-electron chi connectivity index (χ3n) is 11.7. The molecule has 262 valence electrons. The number of para-hydroxylation sites is 1. The van der Waals surface area contributed by atoms with Gasteiger partial charge >= 0.3 is 0 Å². The lowest BCUT2D eigenvalue weighted by Crippen LogP contribution is -2.61. The van der Waals surface area contributed by atoms with Crippen LogP contribution in [0.4, 0.5) is 17.3 Å². The molecule has 0 bridgehead atoms. The first-order chi connectivity index (χ1) is 27.8. The predicted molar refractivity (Wildman–Crippen MR) is 226 cm³/mol. The number of nitrogens with zero attached hydrogens (tertiary/aromatic N) is 7. The van der Waals surface area contributed by atoms with Gasteiger partial charge in [0.25, 0.3) is 0 Å². The molecule has 0 saturated carbocycles. The minimum absolute atomic E-state index is 0.00812. The first-order valence-electron chi connectivity index (χ1n) is 19.1. The average Bonchev–Trinajstić information content (AvgIpc) is 3.64. The van der Waals surface area contributed by atoms with Gasteiger partial charge in [0, 0.05) is 41.8 Å². The van der Waals surface area contributed by atoms with Crippen LogP contribution in [0.3, 0.4) is 0 Å². The van der Waals surface area contributed by atoms with Gasteiger partial charge in [-0.1, -0.05) is 109 Å². The highest BCUT2D eigenvalue weighted by Gasteiger charge is 2.43. The van der Waals surface area contributed by atoms with Crippen molar-refractivity contribution in [2.45, 2.75) is 12.3 Å². The molecule has 9 aromatic rings. The minimum Gasteiger partial charge on any atom is -0.296 e. The van der Waals surface area contributed by atoms with Gasteiger partial charge in [-0.05, 0) is 82.6 Å². The number of pyridine rings is 3. The molecule has 0 aliphatic carbocycles. The molecule has 0 N–H and O–H groups in total. The Bertz CT molecular complexity index is 3130. The number of rotatable bonds is 5. The summed E-state index contributed by atoms with van der Waals surface area (Å²) < 4.78 is 4.84. The van der Waals surface area contributed by atoms with Crippen molar-refractivity contribution >= 4 is 68.4 Å². The number of benzene rings is 4. The SMILES string of the molecule is C1=CN=c2c(n(-c3ccccn3)c3c2c2cccc4c2n3-c2cc(N(c3ccccn3)c3ccccn3)cc3c2B4c2ccccc2C3c2ccccc2)=CC1. The van der Waals surface area contributed by atoms with Crippen molar-refractivity contribution in [2.24, 2.45) is 4.99 Å². The van der Waals surface area contributed by atoms with E-state index in [9.17, 15) is 0 Å². The highest BCUT2D eigenvalue weighted by Crippen LogP contribution is 2.43. The molecular weight excluding hydrogens is 685 g/mol. The van der Waals surface area contributed by atoms with Gasteiger partial charge in [-0.2, -0.15) is 0 Å². The van der Waals surface area contributed by atoms with Crippen molar-refractivity contribution in [1.29, 1.82) is 0 Å². The van der Waals surface area contributed by atoms with E-state index in [1.165, 1.54) is 44.0 Å². The number of fused-ring (bicyclic) bond motifs is 9. The van der Waals surface area contributed by atoms with Crippen LogP contribution in [-0.4, -0.2) is 30.8 Å². The predicted octanol–water partition coefficient (Wildman–Crippen LogP) is 6.87. The molecule has 5 aromatic heterocycles. The number of hydrogen-bond acceptors (Lipinski definition) is 5. The van der Waals surface area contributed by atoms with Crippen LogP contribution in [0.1, 0.15) is 29.0 Å². The summed E-state index contributed by atoms with van der Waals surface area (Å²) >= 11 is 0. The maximum Gasteiger partial charge on any atom is 0.247 e. The van der Waals surface area contributed by atoms with E-state index in [4.69, 9.17) is 19.9 Å². The van der Waals surface area contributed by atoms with Crippen LogP contribution >= 0.6 is 0 Å². The van der Waals surface area contributed by atoms with E-state index in [0.717, 1.165) is 57.0 Å². The van der Waals surface area contributed by atoms with Gasteiger partial charge in [-0.3, -0.25) is 19.0 Å². The Morgan fingerprint density at radius 2 is 1.38 bits per heavy atom. The zero-order chi connectivity index (χ0) is 36.7. The summed E-state index contributed by atoms with van der Waals surface area (Å²) in [6.45, 7) is 0.0175. The van der Waals surface area contributed by atoms with E-state index in [1.54, 1.807) is 0 Å². The lowest BCUT2D eigenvalue weighted by atomic mass is 9.31. The van der Waals surface area contributed by atoms with Gasteiger partial charge in [0.2, 0.25) is 6.71 Å². The van der Waals surface area contributed by atoms with Crippen LogP contribution < -0.4 is 32.0 Å². The van der Waals surface area contributed by atoms with Crippen molar-refractivity contribution < 1.29 is 0 Å². The zero-order valence-corrected chi connectivity index (χ0v) is 30.2. The van der Waals surface area contributed by atoms with E-state index in [-0.39, 0.29) is 12.6 Å². The second-order valence-electron chi connectivity index (χ2n) is 14.6. The van der Waals surface area contributed by atoms with Gasteiger partial charge in [0.15, 0.2) is 0 Å². The Kier molecular flexibility index (Phi) is 6.71. The molecule has 4 aromatic carbocycles. The Morgan fingerprint density at radius 1 is 0.643 bits per heavy atom. The number of aromatic nitrogens is 5. The Labute approximate surface area is 323 Å². The molecule has 56 heavy (non-hydrogen) atoms. The quantitative estimate of drug-likeness (QED) is 0.183. The summed E-state index contributed by atoms with van der Waals surface area (Å²) in [6, 6.07) is 49.9. The number of hydrogen-bond donors (Lipinski definition) is 0. The van der Waals surface area contributed by atoms with Gasteiger partial charge in [-0.25, -0.2) is 15.0 Å². The summed E-state index contributed by atoms with van der Waals surface area (Å²) in [4.78, 5) is 22.1. The van der Waals surface area contributed by atoms with Crippen LogP contribution in [-0.2, 0) is 0 Å². The fourth-order valence-corrected chi connectivity index (χ4v) is 9.57. The highest BCUT2D eigenvalue weighted by atomic mass is 15.2. The minimum atomic E-state index is -0.00812. The monoisotopic (exact) mass is 717 g/mol. The molecule has 0 radical (unpaired) electrons.